The minimum atomic E-state index is -1.69. The van der Waals surface area contributed by atoms with Crippen molar-refractivity contribution in [2.75, 3.05) is 23.9 Å². The Kier molecular flexibility index (Phi) is 8.13. The lowest BCUT2D eigenvalue weighted by atomic mass is 9.83. The Morgan fingerprint density at radius 2 is 0.982 bits per heavy atom. The summed E-state index contributed by atoms with van der Waals surface area (Å²) in [7, 11) is 0.225. The van der Waals surface area contributed by atoms with Gasteiger partial charge in [-0.25, -0.2) is 0 Å². The molecule has 2 nitrogen and oxygen atoms in total. The minimum Gasteiger partial charge on any atom is -0.345 e. The molecule has 2 spiro atoms. The van der Waals surface area contributed by atoms with Gasteiger partial charge in [0.1, 0.15) is 16.1 Å². The van der Waals surface area contributed by atoms with Crippen molar-refractivity contribution in [2.45, 2.75) is 69.1 Å². The van der Waals surface area contributed by atoms with E-state index in [1.165, 1.54) is 112 Å². The van der Waals surface area contributed by atoms with Crippen molar-refractivity contribution < 1.29 is 0 Å². The van der Waals surface area contributed by atoms with E-state index >= 15 is 0 Å². The summed E-state index contributed by atoms with van der Waals surface area (Å²) in [6.07, 6.45) is 12.6. The second-order valence-corrected chi connectivity index (χ2v) is 28.6. The lowest BCUT2D eigenvalue weighted by molar-refractivity contribution is 0.661. The van der Waals surface area contributed by atoms with Gasteiger partial charge >= 0.3 is 0 Å². The van der Waals surface area contributed by atoms with Crippen LogP contribution in [0.15, 0.2) is 121 Å². The van der Waals surface area contributed by atoms with Crippen LogP contribution in [-0.4, -0.2) is 38.6 Å². The second kappa shape index (κ2) is 13.1. The molecule has 1 aromatic heterocycles. The van der Waals surface area contributed by atoms with Crippen LogP contribution in [0.1, 0.15) is 67.3 Å². The Labute approximate surface area is 342 Å². The van der Waals surface area contributed by atoms with Gasteiger partial charge in [0.25, 0.3) is 0 Å². The SMILES string of the molecule is CN1c2ccccc2[Si]2(CCCC2)c2ccc(C=Cc3ccc4c(c3)C(C)(C)c3c[si](C=Cc5ccc6c(c5)N(C)c5ccccc5[Si]65CCCC5)ccc3-4)cc21. The standard InChI is InChI=1S/C52H52N2Si3/c1-52(2)42-33-37(17-18-38-20-23-50-46(34-38)53(3)44-13-5-7-15-48(44)56(50)29-9-10-30-56)19-22-40(42)41-26-28-55(36-43(41)52)27-25-39-21-24-51-47(35-39)54(4)45-14-6-8-16-49(45)57(51)31-11-12-32-57/h5-8,13-28,33-36H,9-12,29-32H2,1-4H3. The van der Waals surface area contributed by atoms with Crippen LogP contribution < -0.4 is 30.5 Å². The molecule has 0 N–H and O–H groups in total. The van der Waals surface area contributed by atoms with Crippen LogP contribution in [0.25, 0.3) is 35.1 Å². The number of hydrogen-bond donors (Lipinski definition) is 0. The molecule has 0 bridgehead atoms. The van der Waals surface area contributed by atoms with Crippen LogP contribution in [-0.2, 0) is 5.41 Å². The number of nitrogens with zero attached hydrogens (tertiary/aromatic N) is 2. The zero-order chi connectivity index (χ0) is 38.5. The molecule has 4 aliphatic heterocycles. The molecule has 0 amide bonds. The summed E-state index contributed by atoms with van der Waals surface area (Å²) in [6.45, 7) is 4.86. The number of benzene rings is 5. The number of fused-ring (bicyclic) bond motifs is 11. The number of hydrogen-bond acceptors (Lipinski definition) is 2. The van der Waals surface area contributed by atoms with E-state index in [9.17, 15) is 0 Å². The molecule has 5 heteroatoms. The van der Waals surface area contributed by atoms with E-state index in [4.69, 9.17) is 0 Å². The average molecular weight is 789 g/mol. The van der Waals surface area contributed by atoms with Crippen molar-refractivity contribution in [1.82, 2.24) is 0 Å². The molecule has 0 atom stereocenters. The van der Waals surface area contributed by atoms with Gasteiger partial charge in [-0.2, -0.15) is 0 Å². The maximum Gasteiger partial charge on any atom is 0.123 e. The van der Waals surface area contributed by atoms with E-state index < -0.39 is 24.5 Å². The molecule has 5 aromatic carbocycles. The summed E-state index contributed by atoms with van der Waals surface area (Å²) in [4.78, 5) is 4.92. The van der Waals surface area contributed by atoms with Gasteiger partial charge in [0.2, 0.25) is 0 Å². The Morgan fingerprint density at radius 3 is 1.56 bits per heavy atom. The quantitative estimate of drug-likeness (QED) is 0.130. The summed E-state index contributed by atoms with van der Waals surface area (Å²) < 4.78 is 0. The molecule has 5 aliphatic rings. The first kappa shape index (κ1) is 35.4. The summed E-state index contributed by atoms with van der Waals surface area (Å²) in [5.41, 5.74) is 22.9. The van der Waals surface area contributed by atoms with Gasteiger partial charge in [-0.05, 0) is 108 Å². The molecule has 2 fully saturated rings. The molecule has 0 saturated carbocycles. The average Bonchev–Trinajstić information content (AvgIpc) is 3.99. The first-order chi connectivity index (χ1) is 27.8. The first-order valence-corrected chi connectivity index (χ1v) is 27.9. The van der Waals surface area contributed by atoms with Crippen molar-refractivity contribution in [3.05, 3.63) is 148 Å². The van der Waals surface area contributed by atoms with Crippen molar-refractivity contribution in [3.63, 3.8) is 0 Å². The number of para-hydroxylation sites is 2. The van der Waals surface area contributed by atoms with Crippen LogP contribution in [0.4, 0.5) is 22.7 Å². The highest BCUT2D eigenvalue weighted by molar-refractivity contribution is 7.05. The fourth-order valence-electron chi connectivity index (χ4n) is 12.0. The second-order valence-electron chi connectivity index (χ2n) is 18.2. The van der Waals surface area contributed by atoms with Crippen LogP contribution in [0.5, 0.6) is 0 Å². The zero-order valence-corrected chi connectivity index (χ0v) is 36.9. The smallest absolute Gasteiger partial charge is 0.123 e. The summed E-state index contributed by atoms with van der Waals surface area (Å²) >= 11 is 0. The predicted molar refractivity (Wildman–Crippen MR) is 254 cm³/mol. The van der Waals surface area contributed by atoms with Crippen molar-refractivity contribution in [2.24, 2.45) is 0 Å². The van der Waals surface area contributed by atoms with Crippen LogP contribution in [0.3, 0.4) is 0 Å². The van der Waals surface area contributed by atoms with Gasteiger partial charge < -0.3 is 9.80 Å². The Balaban J connectivity index is 0.858. The van der Waals surface area contributed by atoms with E-state index in [0.29, 0.717) is 0 Å². The van der Waals surface area contributed by atoms with Crippen molar-refractivity contribution in [3.8, 4) is 11.1 Å². The fourth-order valence-corrected chi connectivity index (χ4v) is 25.1. The third-order valence-electron chi connectivity index (χ3n) is 14.9. The Bertz CT molecular complexity index is 2490. The highest BCUT2D eigenvalue weighted by Crippen LogP contribution is 2.49. The van der Waals surface area contributed by atoms with Gasteiger partial charge in [-0.15, -0.1) is 0 Å². The Hall–Kier alpha value is -4.82. The maximum atomic E-state index is 2.62. The number of anilines is 4. The van der Waals surface area contributed by atoms with Gasteiger partial charge in [0, 0.05) is 42.3 Å². The molecule has 0 radical (unpaired) electrons. The lowest BCUT2D eigenvalue weighted by Gasteiger charge is -2.41. The number of rotatable bonds is 4. The van der Waals surface area contributed by atoms with Gasteiger partial charge in [-0.3, -0.25) is 0 Å². The van der Waals surface area contributed by atoms with Crippen molar-refractivity contribution in [1.29, 1.82) is 0 Å². The summed E-state index contributed by atoms with van der Waals surface area (Å²) in [5.74, 6) is 0. The van der Waals surface area contributed by atoms with Gasteiger partial charge in [0.05, 0.1) is 8.40 Å². The van der Waals surface area contributed by atoms with E-state index in [0.717, 1.165) is 0 Å². The van der Waals surface area contributed by atoms with E-state index in [-0.39, 0.29) is 5.41 Å². The normalized spacial score (nSPS) is 18.9. The molecule has 2 saturated heterocycles. The summed E-state index contributed by atoms with van der Waals surface area (Å²) in [5, 5.41) is 6.62. The molecule has 282 valence electrons. The first-order valence-electron chi connectivity index (χ1n) is 21.4. The minimum absolute atomic E-state index is 0.0344. The third-order valence-corrected chi connectivity index (χ3v) is 27.3. The zero-order valence-electron chi connectivity index (χ0n) is 33.9. The highest BCUT2D eigenvalue weighted by Gasteiger charge is 2.47. The summed E-state index contributed by atoms with van der Waals surface area (Å²) in [6, 6.07) is 48.4. The van der Waals surface area contributed by atoms with Crippen LogP contribution in [0, 0.1) is 0 Å². The largest absolute Gasteiger partial charge is 0.345 e. The van der Waals surface area contributed by atoms with E-state index in [1.807, 2.05) is 0 Å². The Morgan fingerprint density at radius 1 is 0.509 bits per heavy atom. The molecule has 57 heavy (non-hydrogen) atoms. The molecular weight excluding hydrogens is 737 g/mol. The highest BCUT2D eigenvalue weighted by atomic mass is 28.3. The third kappa shape index (κ3) is 5.28. The van der Waals surface area contributed by atoms with Crippen LogP contribution in [0.2, 0.25) is 24.2 Å². The van der Waals surface area contributed by atoms with Gasteiger partial charge in [-0.1, -0.05) is 160 Å². The molecular formula is C52H52N2Si3. The monoisotopic (exact) mass is 788 g/mol. The molecule has 5 heterocycles. The molecule has 11 rings (SSSR count). The van der Waals surface area contributed by atoms with Crippen LogP contribution >= 0.6 is 0 Å². The van der Waals surface area contributed by atoms with Crippen molar-refractivity contribution >= 4 is 92.0 Å². The maximum absolute atomic E-state index is 2.62. The predicted octanol–water partition coefficient (Wildman–Crippen LogP) is 10.7. The fraction of sp³-hybridized carbons (Fsp3) is 0.250. The van der Waals surface area contributed by atoms with E-state index in [1.54, 1.807) is 20.7 Å². The van der Waals surface area contributed by atoms with E-state index in [2.05, 4.69) is 182 Å². The topological polar surface area (TPSA) is 6.48 Å². The molecule has 6 aromatic rings. The lowest BCUT2D eigenvalue weighted by Crippen LogP contribution is -2.61. The molecule has 1 aliphatic carbocycles. The molecule has 0 unspecified atom stereocenters. The van der Waals surface area contributed by atoms with Gasteiger partial charge in [0.15, 0.2) is 0 Å².